The minimum absolute atomic E-state index is 0.344. The van der Waals surface area contributed by atoms with E-state index in [1.807, 2.05) is 6.07 Å². The van der Waals surface area contributed by atoms with Gasteiger partial charge in [0.15, 0.2) is 17.9 Å². The molecule has 0 radical (unpaired) electrons. The molecule has 0 N–H and O–H groups in total. The number of rotatable bonds is 2. The van der Waals surface area contributed by atoms with E-state index in [-0.39, 0.29) is 12.1 Å². The van der Waals surface area contributed by atoms with Crippen molar-refractivity contribution in [1.82, 2.24) is 14.8 Å². The molecule has 0 aromatic carbocycles. The Labute approximate surface area is 103 Å². The summed E-state index contributed by atoms with van der Waals surface area (Å²) in [6.07, 6.45) is 2.61. The fourth-order valence-electron chi connectivity index (χ4n) is 1.78. The lowest BCUT2D eigenvalue weighted by molar-refractivity contribution is -0.0443. The number of aryl methyl sites for hydroxylation is 1. The third-order valence-electron chi connectivity index (χ3n) is 2.74. The molecule has 0 bridgehead atoms. The van der Waals surface area contributed by atoms with Gasteiger partial charge in [0.25, 0.3) is 0 Å². The first-order valence-corrected chi connectivity index (χ1v) is 5.65. The predicted octanol–water partition coefficient (Wildman–Crippen LogP) is 1.76. The maximum atomic E-state index is 13.2. The van der Waals surface area contributed by atoms with Crippen LogP contribution in [0.3, 0.4) is 0 Å². The average molecular weight is 249 g/mol. The minimum atomic E-state index is -0.345. The Hall–Kier alpha value is -1.79. The lowest BCUT2D eigenvalue weighted by Gasteiger charge is -2.09. The zero-order valence-electron chi connectivity index (χ0n) is 9.84. The second kappa shape index (κ2) is 4.47. The molecule has 0 atom stereocenters. The highest BCUT2D eigenvalue weighted by atomic mass is 19.1. The van der Waals surface area contributed by atoms with Gasteiger partial charge in [0.1, 0.15) is 0 Å². The van der Waals surface area contributed by atoms with Crippen molar-refractivity contribution in [2.75, 3.05) is 13.2 Å². The highest BCUT2D eigenvalue weighted by molar-refractivity contribution is 5.26. The van der Waals surface area contributed by atoms with Gasteiger partial charge in [-0.15, -0.1) is 0 Å². The van der Waals surface area contributed by atoms with Crippen LogP contribution in [-0.2, 0) is 9.47 Å². The number of nitrogens with zero attached hydrogens (tertiary/aromatic N) is 3. The second-order valence-corrected chi connectivity index (χ2v) is 4.03. The van der Waals surface area contributed by atoms with E-state index in [0.717, 1.165) is 5.56 Å². The predicted molar refractivity (Wildman–Crippen MR) is 60.7 cm³/mol. The van der Waals surface area contributed by atoms with Gasteiger partial charge in [0.2, 0.25) is 0 Å². The van der Waals surface area contributed by atoms with E-state index in [1.165, 1.54) is 10.9 Å². The summed E-state index contributed by atoms with van der Waals surface area (Å²) in [5.74, 6) is 0.215. The molecule has 3 heterocycles. The molecule has 94 valence electrons. The van der Waals surface area contributed by atoms with Crippen molar-refractivity contribution in [3.8, 4) is 5.82 Å². The molecular weight excluding hydrogens is 237 g/mol. The highest BCUT2D eigenvalue weighted by Crippen LogP contribution is 2.22. The van der Waals surface area contributed by atoms with Crippen molar-refractivity contribution >= 4 is 0 Å². The van der Waals surface area contributed by atoms with E-state index in [1.54, 1.807) is 19.2 Å². The Morgan fingerprint density at radius 2 is 2.11 bits per heavy atom. The standard InChI is InChI=1S/C12H12FN3O2/c1-8-10(13)7-16(15-8)11-3-2-9(6-14-11)12-17-4-5-18-12/h2-3,6-7,12H,4-5H2,1H3. The third kappa shape index (κ3) is 2.00. The lowest BCUT2D eigenvalue weighted by Crippen LogP contribution is -2.02. The summed E-state index contributed by atoms with van der Waals surface area (Å²) in [5.41, 5.74) is 1.20. The molecular formula is C12H12FN3O2. The number of halogens is 1. The number of pyridine rings is 1. The fraction of sp³-hybridized carbons (Fsp3) is 0.333. The van der Waals surface area contributed by atoms with Crippen LogP contribution in [-0.4, -0.2) is 28.0 Å². The molecule has 0 spiro atoms. The summed E-state index contributed by atoms with van der Waals surface area (Å²) < 4.78 is 25.3. The number of ether oxygens (including phenoxy) is 2. The van der Waals surface area contributed by atoms with Crippen molar-refractivity contribution in [2.45, 2.75) is 13.2 Å². The van der Waals surface area contributed by atoms with Gasteiger partial charge in [-0.3, -0.25) is 0 Å². The van der Waals surface area contributed by atoms with Crippen LogP contribution in [0.1, 0.15) is 17.5 Å². The average Bonchev–Trinajstić information content (AvgIpc) is 3.01. The van der Waals surface area contributed by atoms with Crippen molar-refractivity contribution in [1.29, 1.82) is 0 Å². The summed E-state index contributed by atoms with van der Waals surface area (Å²) >= 11 is 0. The van der Waals surface area contributed by atoms with Crippen LogP contribution in [0.4, 0.5) is 4.39 Å². The Morgan fingerprint density at radius 1 is 1.33 bits per heavy atom. The van der Waals surface area contributed by atoms with Crippen LogP contribution in [0.5, 0.6) is 0 Å². The molecule has 1 aliphatic heterocycles. The Bertz CT molecular complexity index is 527. The lowest BCUT2D eigenvalue weighted by atomic mass is 10.3. The molecule has 2 aromatic heterocycles. The minimum Gasteiger partial charge on any atom is -0.346 e. The molecule has 0 amide bonds. The van der Waals surface area contributed by atoms with Crippen molar-refractivity contribution in [2.24, 2.45) is 0 Å². The van der Waals surface area contributed by atoms with Crippen LogP contribution >= 0.6 is 0 Å². The zero-order chi connectivity index (χ0) is 12.5. The van der Waals surface area contributed by atoms with E-state index in [2.05, 4.69) is 10.1 Å². The van der Waals surface area contributed by atoms with E-state index in [4.69, 9.17) is 9.47 Å². The van der Waals surface area contributed by atoms with E-state index in [9.17, 15) is 4.39 Å². The van der Waals surface area contributed by atoms with E-state index < -0.39 is 0 Å². The number of aromatic nitrogens is 3. The summed E-state index contributed by atoms with van der Waals surface area (Å²) in [7, 11) is 0. The summed E-state index contributed by atoms with van der Waals surface area (Å²) in [5, 5.41) is 4.02. The molecule has 1 fully saturated rings. The maximum Gasteiger partial charge on any atom is 0.185 e. The van der Waals surface area contributed by atoms with Gasteiger partial charge in [-0.1, -0.05) is 0 Å². The van der Waals surface area contributed by atoms with Crippen LogP contribution in [0, 0.1) is 12.7 Å². The van der Waals surface area contributed by atoms with Gasteiger partial charge in [0.05, 0.1) is 25.1 Å². The van der Waals surface area contributed by atoms with Crippen molar-refractivity contribution < 1.29 is 13.9 Å². The van der Waals surface area contributed by atoms with E-state index in [0.29, 0.717) is 24.7 Å². The monoisotopic (exact) mass is 249 g/mol. The zero-order valence-corrected chi connectivity index (χ0v) is 9.84. The quantitative estimate of drug-likeness (QED) is 0.813. The SMILES string of the molecule is Cc1nn(-c2ccc(C3OCCO3)cn2)cc1F. The molecule has 1 aliphatic rings. The van der Waals surface area contributed by atoms with Gasteiger partial charge in [0, 0.05) is 11.8 Å². The first kappa shape index (κ1) is 11.3. The van der Waals surface area contributed by atoms with Crippen LogP contribution in [0.15, 0.2) is 24.5 Å². The molecule has 0 saturated carbocycles. The van der Waals surface area contributed by atoms with E-state index >= 15 is 0 Å². The Balaban J connectivity index is 1.86. The summed E-state index contributed by atoms with van der Waals surface area (Å²) in [4.78, 5) is 4.22. The Morgan fingerprint density at radius 3 is 2.67 bits per heavy atom. The maximum absolute atomic E-state index is 13.2. The molecule has 3 rings (SSSR count). The molecule has 18 heavy (non-hydrogen) atoms. The number of hydrogen-bond donors (Lipinski definition) is 0. The smallest absolute Gasteiger partial charge is 0.185 e. The van der Waals surface area contributed by atoms with Crippen molar-refractivity contribution in [3.05, 3.63) is 41.6 Å². The third-order valence-corrected chi connectivity index (χ3v) is 2.74. The summed E-state index contributed by atoms with van der Waals surface area (Å²) in [6.45, 7) is 2.80. The van der Waals surface area contributed by atoms with Crippen LogP contribution in [0.25, 0.3) is 5.82 Å². The fourth-order valence-corrected chi connectivity index (χ4v) is 1.78. The van der Waals surface area contributed by atoms with Gasteiger partial charge in [-0.2, -0.15) is 5.10 Å². The van der Waals surface area contributed by atoms with Crippen LogP contribution in [0.2, 0.25) is 0 Å². The first-order chi connectivity index (χ1) is 8.74. The molecule has 0 aliphatic carbocycles. The van der Waals surface area contributed by atoms with Crippen LogP contribution < -0.4 is 0 Å². The Kier molecular flexibility index (Phi) is 2.81. The largest absolute Gasteiger partial charge is 0.346 e. The van der Waals surface area contributed by atoms with Gasteiger partial charge in [-0.05, 0) is 19.1 Å². The molecule has 6 heteroatoms. The van der Waals surface area contributed by atoms with Gasteiger partial charge in [-0.25, -0.2) is 14.1 Å². The van der Waals surface area contributed by atoms with Gasteiger partial charge >= 0.3 is 0 Å². The highest BCUT2D eigenvalue weighted by Gasteiger charge is 2.18. The van der Waals surface area contributed by atoms with Crippen molar-refractivity contribution in [3.63, 3.8) is 0 Å². The first-order valence-electron chi connectivity index (χ1n) is 5.65. The van der Waals surface area contributed by atoms with Gasteiger partial charge < -0.3 is 9.47 Å². The second-order valence-electron chi connectivity index (χ2n) is 4.03. The molecule has 5 nitrogen and oxygen atoms in total. The molecule has 0 unspecified atom stereocenters. The summed E-state index contributed by atoms with van der Waals surface area (Å²) in [6, 6.07) is 3.60. The topological polar surface area (TPSA) is 49.2 Å². The molecule has 2 aromatic rings. The normalized spacial score (nSPS) is 16.3. The molecule has 1 saturated heterocycles. The number of hydrogen-bond acceptors (Lipinski definition) is 4.